The van der Waals surface area contributed by atoms with Gasteiger partial charge >= 0.3 is 5.97 Å². The van der Waals surface area contributed by atoms with E-state index in [0.29, 0.717) is 16.4 Å². The molecule has 0 bridgehead atoms. The minimum atomic E-state index is -0.865. The SMILES string of the molecule is O=C(O)c1cc(OC2CCC23CCCCC3)cs1. The molecule has 1 spiro atoms. The van der Waals surface area contributed by atoms with E-state index in [1.54, 1.807) is 6.07 Å². The Balaban J connectivity index is 1.67. The van der Waals surface area contributed by atoms with Gasteiger partial charge < -0.3 is 9.84 Å². The van der Waals surface area contributed by atoms with Gasteiger partial charge in [-0.2, -0.15) is 0 Å². The van der Waals surface area contributed by atoms with E-state index in [1.807, 2.05) is 5.38 Å². The molecule has 1 atom stereocenters. The summed E-state index contributed by atoms with van der Waals surface area (Å²) in [4.78, 5) is 11.2. The van der Waals surface area contributed by atoms with E-state index >= 15 is 0 Å². The average Bonchev–Trinajstić information content (AvgIpc) is 2.85. The summed E-state index contributed by atoms with van der Waals surface area (Å²) in [5.41, 5.74) is 0.406. The van der Waals surface area contributed by atoms with Crippen LogP contribution in [-0.2, 0) is 0 Å². The van der Waals surface area contributed by atoms with E-state index < -0.39 is 5.97 Å². The van der Waals surface area contributed by atoms with Crippen molar-refractivity contribution in [2.45, 2.75) is 51.0 Å². The molecule has 0 aliphatic heterocycles. The summed E-state index contributed by atoms with van der Waals surface area (Å²) in [6, 6.07) is 1.65. The number of carboxylic acid groups (broad SMARTS) is 1. The molecule has 3 nitrogen and oxygen atoms in total. The third-order valence-corrected chi connectivity index (χ3v) is 5.40. The Morgan fingerprint density at radius 2 is 2.11 bits per heavy atom. The Hall–Kier alpha value is -1.03. The van der Waals surface area contributed by atoms with Crippen molar-refractivity contribution in [1.82, 2.24) is 0 Å². The number of ether oxygens (including phenoxy) is 1. The lowest BCUT2D eigenvalue weighted by atomic mass is 9.58. The molecule has 98 valence electrons. The Labute approximate surface area is 111 Å². The van der Waals surface area contributed by atoms with Crippen molar-refractivity contribution in [2.24, 2.45) is 5.41 Å². The van der Waals surface area contributed by atoms with Crippen molar-refractivity contribution in [3.05, 3.63) is 16.3 Å². The molecule has 1 aromatic heterocycles. The number of hydrogen-bond donors (Lipinski definition) is 1. The number of aromatic carboxylic acids is 1. The molecular formula is C14H18O3S. The van der Waals surface area contributed by atoms with E-state index in [4.69, 9.17) is 9.84 Å². The molecule has 1 aromatic rings. The van der Waals surface area contributed by atoms with Gasteiger partial charge in [-0.1, -0.05) is 19.3 Å². The lowest BCUT2D eigenvalue weighted by Gasteiger charge is -2.51. The van der Waals surface area contributed by atoms with Crippen LogP contribution in [0.3, 0.4) is 0 Å². The predicted octanol–water partition coefficient (Wildman–Crippen LogP) is 3.94. The Bertz CT molecular complexity index is 446. The smallest absolute Gasteiger partial charge is 0.346 e. The van der Waals surface area contributed by atoms with Crippen molar-refractivity contribution >= 4 is 17.3 Å². The first-order chi connectivity index (χ1) is 8.70. The van der Waals surface area contributed by atoms with Gasteiger partial charge in [-0.25, -0.2) is 4.79 Å². The quantitative estimate of drug-likeness (QED) is 0.901. The summed E-state index contributed by atoms with van der Waals surface area (Å²) in [5, 5.41) is 10.7. The van der Waals surface area contributed by atoms with Crippen LogP contribution in [0, 0.1) is 5.41 Å². The summed E-state index contributed by atoms with van der Waals surface area (Å²) >= 11 is 1.24. The molecule has 2 fully saturated rings. The lowest BCUT2D eigenvalue weighted by molar-refractivity contribution is -0.0701. The maximum absolute atomic E-state index is 10.8. The Morgan fingerprint density at radius 3 is 2.67 bits per heavy atom. The highest BCUT2D eigenvalue weighted by Crippen LogP contribution is 2.53. The van der Waals surface area contributed by atoms with Crippen LogP contribution in [0.25, 0.3) is 0 Å². The van der Waals surface area contributed by atoms with Crippen LogP contribution >= 0.6 is 11.3 Å². The highest BCUT2D eigenvalue weighted by atomic mass is 32.1. The summed E-state index contributed by atoms with van der Waals surface area (Å²) in [6.07, 6.45) is 9.30. The van der Waals surface area contributed by atoms with Gasteiger partial charge in [0.15, 0.2) is 0 Å². The van der Waals surface area contributed by atoms with Crippen molar-refractivity contribution in [3.8, 4) is 5.75 Å². The molecule has 0 radical (unpaired) electrons. The third-order valence-electron chi connectivity index (χ3n) is 4.50. The fourth-order valence-corrected chi connectivity index (χ4v) is 3.99. The fraction of sp³-hybridized carbons (Fsp3) is 0.643. The van der Waals surface area contributed by atoms with Crippen LogP contribution in [0.4, 0.5) is 0 Å². The molecule has 4 heteroatoms. The zero-order valence-electron chi connectivity index (χ0n) is 10.4. The molecule has 18 heavy (non-hydrogen) atoms. The van der Waals surface area contributed by atoms with E-state index in [-0.39, 0.29) is 0 Å². The van der Waals surface area contributed by atoms with Crippen LogP contribution in [0.15, 0.2) is 11.4 Å². The molecule has 3 rings (SSSR count). The average molecular weight is 266 g/mol. The molecule has 1 heterocycles. The fourth-order valence-electron chi connectivity index (χ4n) is 3.34. The van der Waals surface area contributed by atoms with Gasteiger partial charge in [0, 0.05) is 16.9 Å². The molecular weight excluding hydrogens is 248 g/mol. The van der Waals surface area contributed by atoms with Crippen LogP contribution in [0.5, 0.6) is 5.75 Å². The summed E-state index contributed by atoms with van der Waals surface area (Å²) in [6.45, 7) is 0. The van der Waals surface area contributed by atoms with E-state index in [1.165, 1.54) is 49.9 Å². The predicted molar refractivity (Wildman–Crippen MR) is 70.4 cm³/mol. The van der Waals surface area contributed by atoms with Crippen LogP contribution < -0.4 is 4.74 Å². The summed E-state index contributed by atoms with van der Waals surface area (Å²) < 4.78 is 6.02. The Morgan fingerprint density at radius 1 is 1.33 bits per heavy atom. The van der Waals surface area contributed by atoms with Crippen molar-refractivity contribution in [3.63, 3.8) is 0 Å². The molecule has 1 unspecified atom stereocenters. The topological polar surface area (TPSA) is 46.5 Å². The molecule has 1 N–H and O–H groups in total. The number of carboxylic acids is 1. The second-order valence-corrected chi connectivity index (χ2v) is 6.43. The molecule has 0 aromatic carbocycles. The van der Waals surface area contributed by atoms with Gasteiger partial charge in [0.2, 0.25) is 0 Å². The molecule has 2 aliphatic rings. The highest BCUT2D eigenvalue weighted by Gasteiger charge is 2.48. The number of thiophene rings is 1. The minimum Gasteiger partial charge on any atom is -0.489 e. The first kappa shape index (κ1) is 12.0. The largest absolute Gasteiger partial charge is 0.489 e. The van der Waals surface area contributed by atoms with Crippen molar-refractivity contribution in [1.29, 1.82) is 0 Å². The van der Waals surface area contributed by atoms with E-state index in [2.05, 4.69) is 0 Å². The monoisotopic (exact) mass is 266 g/mol. The van der Waals surface area contributed by atoms with Crippen LogP contribution in [-0.4, -0.2) is 17.2 Å². The van der Waals surface area contributed by atoms with Crippen molar-refractivity contribution < 1.29 is 14.6 Å². The van der Waals surface area contributed by atoms with Gasteiger partial charge in [-0.3, -0.25) is 0 Å². The van der Waals surface area contributed by atoms with Crippen molar-refractivity contribution in [2.75, 3.05) is 0 Å². The molecule has 0 saturated heterocycles. The van der Waals surface area contributed by atoms with Gasteiger partial charge in [-0.15, -0.1) is 11.3 Å². The number of hydrogen-bond acceptors (Lipinski definition) is 3. The maximum Gasteiger partial charge on any atom is 0.346 e. The highest BCUT2D eigenvalue weighted by molar-refractivity contribution is 7.12. The number of carbonyl (C=O) groups is 1. The van der Waals surface area contributed by atoms with Crippen LogP contribution in [0.2, 0.25) is 0 Å². The second kappa shape index (κ2) is 4.57. The normalized spacial score (nSPS) is 25.7. The second-order valence-electron chi connectivity index (χ2n) is 5.52. The van der Waals surface area contributed by atoms with Gasteiger partial charge in [-0.05, 0) is 25.7 Å². The van der Waals surface area contributed by atoms with Crippen LogP contribution in [0.1, 0.15) is 54.6 Å². The third kappa shape index (κ3) is 2.03. The van der Waals surface area contributed by atoms with Gasteiger partial charge in [0.05, 0.1) is 0 Å². The lowest BCUT2D eigenvalue weighted by Crippen LogP contribution is -2.49. The maximum atomic E-state index is 10.8. The number of rotatable bonds is 3. The van der Waals surface area contributed by atoms with E-state index in [9.17, 15) is 4.79 Å². The van der Waals surface area contributed by atoms with Gasteiger partial charge in [0.1, 0.15) is 16.7 Å². The molecule has 2 aliphatic carbocycles. The minimum absolute atomic E-state index is 0.314. The first-order valence-electron chi connectivity index (χ1n) is 6.68. The summed E-state index contributed by atoms with van der Waals surface area (Å²) in [5.74, 6) is -0.122. The molecule has 0 amide bonds. The molecule has 2 saturated carbocycles. The summed E-state index contributed by atoms with van der Waals surface area (Å²) in [7, 11) is 0. The zero-order valence-corrected chi connectivity index (χ0v) is 11.2. The van der Waals surface area contributed by atoms with E-state index in [0.717, 1.165) is 12.2 Å². The van der Waals surface area contributed by atoms with Gasteiger partial charge in [0.25, 0.3) is 0 Å². The Kier molecular flexibility index (Phi) is 3.06. The zero-order chi connectivity index (χ0) is 12.6. The standard InChI is InChI=1S/C14H18O3S/c15-13(16)11-8-10(9-18-11)17-12-4-7-14(12)5-2-1-3-6-14/h8-9,12H,1-7H2,(H,15,16). The first-order valence-corrected chi connectivity index (χ1v) is 7.56.